The second kappa shape index (κ2) is 12.0. The van der Waals surface area contributed by atoms with Crippen LogP contribution in [0.5, 0.6) is 11.5 Å². The number of pyridine rings is 2. The van der Waals surface area contributed by atoms with Crippen molar-refractivity contribution in [2.45, 2.75) is 31.0 Å². The van der Waals surface area contributed by atoms with Gasteiger partial charge in [0.15, 0.2) is 5.60 Å². The lowest BCUT2D eigenvalue weighted by Crippen LogP contribution is -2.46. The summed E-state index contributed by atoms with van der Waals surface area (Å²) in [6, 6.07) is 10.2. The molecule has 0 spiro atoms. The molecule has 0 saturated carbocycles. The van der Waals surface area contributed by atoms with Gasteiger partial charge in [-0.3, -0.25) is 4.79 Å². The molecule has 5 rings (SSSR count). The van der Waals surface area contributed by atoms with E-state index in [1.165, 1.54) is 31.4 Å². The van der Waals surface area contributed by atoms with Crippen molar-refractivity contribution in [3.05, 3.63) is 82.4 Å². The fourth-order valence-electron chi connectivity index (χ4n) is 5.09. The highest BCUT2D eigenvalue weighted by atomic mass is 19.3. The van der Waals surface area contributed by atoms with Crippen LogP contribution in [-0.4, -0.2) is 66.1 Å². The van der Waals surface area contributed by atoms with Gasteiger partial charge < -0.3 is 25.0 Å². The summed E-state index contributed by atoms with van der Waals surface area (Å²) in [4.78, 5) is 21.8. The third-order valence-electron chi connectivity index (χ3n) is 7.80. The van der Waals surface area contributed by atoms with Crippen molar-refractivity contribution >= 4 is 16.8 Å². The highest BCUT2D eigenvalue weighted by molar-refractivity contribution is 6.00. The van der Waals surface area contributed by atoms with Gasteiger partial charge in [-0.05, 0) is 61.0 Å². The van der Waals surface area contributed by atoms with Gasteiger partial charge in [0, 0.05) is 22.1 Å². The van der Waals surface area contributed by atoms with Crippen molar-refractivity contribution in [3.8, 4) is 22.8 Å². The molecule has 1 aliphatic rings. The van der Waals surface area contributed by atoms with Crippen molar-refractivity contribution in [2.24, 2.45) is 0 Å². The van der Waals surface area contributed by atoms with E-state index in [0.29, 0.717) is 22.2 Å². The average molecular weight is 618 g/mol. The van der Waals surface area contributed by atoms with E-state index in [4.69, 9.17) is 9.47 Å². The van der Waals surface area contributed by atoms with Gasteiger partial charge in [0.05, 0.1) is 37.1 Å². The van der Waals surface area contributed by atoms with E-state index in [1.807, 2.05) is 0 Å². The number of nitrogens with one attached hydrogen (secondary N) is 1. The summed E-state index contributed by atoms with van der Waals surface area (Å²) in [5.41, 5.74) is -4.26. The quantitative estimate of drug-likeness (QED) is 0.221. The Morgan fingerprint density at radius 3 is 2.45 bits per heavy atom. The number of halogens is 5. The number of carbonyl (C=O) groups is 1. The summed E-state index contributed by atoms with van der Waals surface area (Å²) in [5.74, 6) is -1.34. The topological polar surface area (TPSA) is 114 Å². The van der Waals surface area contributed by atoms with Crippen LogP contribution < -0.4 is 14.8 Å². The number of hydrogen-bond donors (Lipinski definition) is 3. The maximum atomic E-state index is 14.6. The molecule has 0 radical (unpaired) electrons. The number of methoxy groups -OCH3 is 1. The van der Waals surface area contributed by atoms with Gasteiger partial charge in [-0.25, -0.2) is 31.9 Å². The molecule has 2 aromatic carbocycles. The minimum Gasteiger partial charge on any atom is -0.494 e. The lowest BCUT2D eigenvalue weighted by atomic mass is 9.83. The summed E-state index contributed by atoms with van der Waals surface area (Å²) in [6.45, 7) is -2.55. The number of carbonyl (C=O) groups excluding carboxylic acids is 1. The molecule has 3 N–H and O–H groups in total. The van der Waals surface area contributed by atoms with Crippen molar-refractivity contribution in [1.82, 2.24) is 15.3 Å². The number of amides is 1. The van der Waals surface area contributed by atoms with Gasteiger partial charge in [0.1, 0.15) is 48.5 Å². The molecule has 232 valence electrons. The predicted octanol–water partition coefficient (Wildman–Crippen LogP) is 4.70. The zero-order chi connectivity index (χ0) is 31.8. The lowest BCUT2D eigenvalue weighted by Gasteiger charge is -2.29. The first-order valence-corrected chi connectivity index (χ1v) is 13.4. The Bertz CT molecular complexity index is 1720. The molecular weight excluding hydrogens is 589 g/mol. The number of nitrogens with zero attached hydrogens (tertiary/aromatic N) is 2. The number of rotatable bonds is 10. The molecule has 13 heteroatoms. The van der Waals surface area contributed by atoms with Crippen LogP contribution >= 0.6 is 0 Å². The highest BCUT2D eigenvalue weighted by Crippen LogP contribution is 2.46. The molecule has 8 nitrogen and oxygen atoms in total. The number of alkyl halides is 4. The molecule has 4 aromatic rings. The SMILES string of the molecule is COc1cc(C(=O)NC[C@](O)(c2cc3c(c(-c4ccc(F)cc4)n2)OCC3(CF)CF)C(F)F)cc2cc(C)c(CO)nc12. The molecule has 44 heavy (non-hydrogen) atoms. The Kier molecular flexibility index (Phi) is 8.45. The molecular formula is C31H28F5N3O5. The molecule has 0 saturated heterocycles. The molecule has 1 aliphatic heterocycles. The third-order valence-corrected chi connectivity index (χ3v) is 7.80. The van der Waals surface area contributed by atoms with Crippen LogP contribution in [-0.2, 0) is 17.6 Å². The van der Waals surface area contributed by atoms with Gasteiger partial charge in [-0.1, -0.05) is 0 Å². The number of aromatic nitrogens is 2. The van der Waals surface area contributed by atoms with Gasteiger partial charge in [-0.2, -0.15) is 0 Å². The van der Waals surface area contributed by atoms with Crippen molar-refractivity contribution < 1.29 is 46.4 Å². The second-order valence-corrected chi connectivity index (χ2v) is 10.6. The number of fused-ring (bicyclic) bond motifs is 2. The summed E-state index contributed by atoms with van der Waals surface area (Å²) in [6.07, 6.45) is -3.52. The Labute approximate surface area is 248 Å². The summed E-state index contributed by atoms with van der Waals surface area (Å²) >= 11 is 0. The van der Waals surface area contributed by atoms with Crippen molar-refractivity contribution in [3.63, 3.8) is 0 Å². The minimum atomic E-state index is -3.52. The highest BCUT2D eigenvalue weighted by Gasteiger charge is 2.48. The van der Waals surface area contributed by atoms with Crippen LogP contribution in [0.15, 0.2) is 48.5 Å². The Hall–Kier alpha value is -4.36. The lowest BCUT2D eigenvalue weighted by molar-refractivity contribution is -0.101. The number of aryl methyl sites for hydroxylation is 1. The first-order chi connectivity index (χ1) is 21.0. The van der Waals surface area contributed by atoms with Gasteiger partial charge in [0.25, 0.3) is 12.3 Å². The number of ether oxygens (including phenoxy) is 2. The molecule has 1 amide bonds. The van der Waals surface area contributed by atoms with Crippen LogP contribution in [0, 0.1) is 12.7 Å². The van der Waals surface area contributed by atoms with E-state index in [1.54, 1.807) is 13.0 Å². The number of hydrogen-bond acceptors (Lipinski definition) is 7. The smallest absolute Gasteiger partial charge is 0.274 e. The van der Waals surface area contributed by atoms with Crippen molar-refractivity contribution in [1.29, 1.82) is 0 Å². The van der Waals surface area contributed by atoms with E-state index in [-0.39, 0.29) is 40.5 Å². The van der Waals surface area contributed by atoms with Crippen LogP contribution in [0.2, 0.25) is 0 Å². The molecule has 0 aliphatic carbocycles. The maximum Gasteiger partial charge on any atom is 0.274 e. The fourth-order valence-corrected chi connectivity index (χ4v) is 5.09. The van der Waals surface area contributed by atoms with E-state index in [0.717, 1.165) is 18.2 Å². The molecule has 1 atom stereocenters. The number of benzene rings is 2. The standard InChI is InChI=1S/C31H28F5N3O5/c1-16-7-18-8-19(9-23(43-2)25(18)38-22(16)11-40)28(41)37-14-31(42,29(35)36)24-10-21-27(44-15-30(21,12-32)13-33)26(39-24)17-3-5-20(34)6-4-17/h3-10,29,40,42H,11-15H2,1-2H3,(H,37,41)/t31-/m0/s1. The Balaban J connectivity index is 1.54. The minimum absolute atomic E-state index is 0.0000963. The molecule has 0 bridgehead atoms. The summed E-state index contributed by atoms with van der Waals surface area (Å²) in [7, 11) is 1.35. The van der Waals surface area contributed by atoms with E-state index in [2.05, 4.69) is 15.3 Å². The van der Waals surface area contributed by atoms with Crippen LogP contribution in [0.3, 0.4) is 0 Å². The molecule has 0 unspecified atom stereocenters. The van der Waals surface area contributed by atoms with Crippen molar-refractivity contribution in [2.75, 3.05) is 33.6 Å². The average Bonchev–Trinajstić information content (AvgIpc) is 3.41. The van der Waals surface area contributed by atoms with Crippen LogP contribution in [0.1, 0.15) is 32.9 Å². The maximum absolute atomic E-state index is 14.6. The number of aliphatic hydroxyl groups excluding tert-OH is 1. The van der Waals surface area contributed by atoms with Crippen LogP contribution in [0.25, 0.3) is 22.2 Å². The van der Waals surface area contributed by atoms with E-state index in [9.17, 15) is 37.0 Å². The van der Waals surface area contributed by atoms with E-state index >= 15 is 0 Å². The first kappa shape index (κ1) is 31.1. The zero-order valence-corrected chi connectivity index (χ0v) is 23.6. The second-order valence-electron chi connectivity index (χ2n) is 10.6. The summed E-state index contributed by atoms with van der Waals surface area (Å²) in [5, 5.41) is 23.6. The zero-order valence-electron chi connectivity index (χ0n) is 23.6. The fraction of sp³-hybridized carbons (Fsp3) is 0.323. The first-order valence-electron chi connectivity index (χ1n) is 13.4. The monoisotopic (exact) mass is 617 g/mol. The van der Waals surface area contributed by atoms with Gasteiger partial charge >= 0.3 is 0 Å². The van der Waals surface area contributed by atoms with Gasteiger partial charge in [-0.15, -0.1) is 0 Å². The number of aliphatic hydroxyl groups is 2. The Morgan fingerprint density at radius 1 is 1.14 bits per heavy atom. The van der Waals surface area contributed by atoms with E-state index < -0.39 is 61.4 Å². The summed E-state index contributed by atoms with van der Waals surface area (Å²) < 4.78 is 82.3. The largest absolute Gasteiger partial charge is 0.494 e. The predicted molar refractivity (Wildman–Crippen MR) is 150 cm³/mol. The van der Waals surface area contributed by atoms with Crippen LogP contribution in [0.4, 0.5) is 22.0 Å². The molecule has 2 aromatic heterocycles. The normalized spacial score (nSPS) is 15.1. The van der Waals surface area contributed by atoms with Gasteiger partial charge in [0.2, 0.25) is 0 Å². The molecule has 0 fully saturated rings. The Morgan fingerprint density at radius 2 is 1.84 bits per heavy atom. The third kappa shape index (κ3) is 5.30. The molecule has 3 heterocycles.